The van der Waals surface area contributed by atoms with Gasteiger partial charge in [0.05, 0.1) is 10.5 Å². The minimum Gasteiger partial charge on any atom is -0.350 e. The summed E-state index contributed by atoms with van der Waals surface area (Å²) in [5, 5.41) is 0.750. The second kappa shape index (κ2) is 6.62. The predicted molar refractivity (Wildman–Crippen MR) is 99.6 cm³/mol. The minimum absolute atomic E-state index is 0.0973. The van der Waals surface area contributed by atoms with Crippen molar-refractivity contribution in [2.75, 3.05) is 0 Å². The van der Waals surface area contributed by atoms with Gasteiger partial charge in [-0.05, 0) is 30.7 Å². The van der Waals surface area contributed by atoms with Gasteiger partial charge in [-0.3, -0.25) is 10.2 Å². The summed E-state index contributed by atoms with van der Waals surface area (Å²) in [5.74, 6) is -0.520. The number of aryl methyl sites for hydroxylation is 2. The van der Waals surface area contributed by atoms with E-state index in [0.29, 0.717) is 15.6 Å². The smallest absolute Gasteiger partial charge is 0.268 e. The molecule has 0 fully saturated rings. The Morgan fingerprint density at radius 1 is 1.16 bits per heavy atom. The van der Waals surface area contributed by atoms with Gasteiger partial charge in [0.2, 0.25) is 0 Å². The van der Waals surface area contributed by atoms with Crippen molar-refractivity contribution in [1.82, 2.24) is 14.8 Å². The molecule has 130 valence electrons. The summed E-state index contributed by atoms with van der Waals surface area (Å²) in [6.07, 6.45) is 1.67. The Labute approximate surface area is 154 Å². The number of benzene rings is 2. The molecular weight excluding hydrogens is 406 g/mol. The van der Waals surface area contributed by atoms with Crippen molar-refractivity contribution < 1.29 is 13.2 Å². The van der Waals surface area contributed by atoms with Crippen LogP contribution in [0.25, 0.3) is 10.9 Å². The molecule has 2 N–H and O–H groups in total. The SMILES string of the molecule is Cc1ccc(Br)cc1S(=O)(=O)NNC(=O)c1cn(C)c2ccccc12. The Morgan fingerprint density at radius 3 is 2.64 bits per heavy atom. The lowest BCUT2D eigenvalue weighted by molar-refractivity contribution is 0.0946. The summed E-state index contributed by atoms with van der Waals surface area (Å²) in [7, 11) is -2.05. The molecular formula is C17H16BrN3O3S. The van der Waals surface area contributed by atoms with Crippen molar-refractivity contribution in [3.8, 4) is 0 Å². The molecule has 0 saturated heterocycles. The summed E-state index contributed by atoms with van der Waals surface area (Å²) in [6, 6.07) is 12.3. The van der Waals surface area contributed by atoms with Crippen LogP contribution in [0.2, 0.25) is 0 Å². The molecule has 0 aliphatic carbocycles. The zero-order chi connectivity index (χ0) is 18.2. The van der Waals surface area contributed by atoms with Crippen LogP contribution in [0.5, 0.6) is 0 Å². The van der Waals surface area contributed by atoms with E-state index in [0.717, 1.165) is 10.9 Å². The quantitative estimate of drug-likeness (QED) is 0.635. The Bertz CT molecular complexity index is 1070. The fourth-order valence-electron chi connectivity index (χ4n) is 2.62. The van der Waals surface area contributed by atoms with Crippen molar-refractivity contribution in [3.05, 3.63) is 64.3 Å². The van der Waals surface area contributed by atoms with Gasteiger partial charge >= 0.3 is 0 Å². The van der Waals surface area contributed by atoms with Crippen LogP contribution in [0.4, 0.5) is 0 Å². The normalized spacial score (nSPS) is 11.6. The summed E-state index contributed by atoms with van der Waals surface area (Å²) >= 11 is 3.25. The van der Waals surface area contributed by atoms with Gasteiger partial charge in [-0.15, -0.1) is 4.83 Å². The number of sulfonamides is 1. The molecule has 0 bridgehead atoms. The van der Waals surface area contributed by atoms with E-state index >= 15 is 0 Å². The van der Waals surface area contributed by atoms with Gasteiger partial charge in [0, 0.05) is 28.6 Å². The zero-order valence-corrected chi connectivity index (χ0v) is 16.0. The van der Waals surface area contributed by atoms with Gasteiger partial charge in [0.15, 0.2) is 0 Å². The van der Waals surface area contributed by atoms with Crippen LogP contribution in [0.15, 0.2) is 58.0 Å². The summed E-state index contributed by atoms with van der Waals surface area (Å²) in [6.45, 7) is 1.69. The van der Waals surface area contributed by atoms with E-state index in [2.05, 4.69) is 26.2 Å². The van der Waals surface area contributed by atoms with Crippen LogP contribution < -0.4 is 10.3 Å². The third-order valence-electron chi connectivity index (χ3n) is 3.88. The van der Waals surface area contributed by atoms with Crippen LogP contribution in [-0.2, 0) is 17.1 Å². The molecule has 8 heteroatoms. The maximum Gasteiger partial charge on any atom is 0.268 e. The number of hydrazine groups is 1. The Kier molecular flexibility index (Phi) is 4.68. The first-order valence-corrected chi connectivity index (χ1v) is 9.69. The molecule has 25 heavy (non-hydrogen) atoms. The Balaban J connectivity index is 1.85. The second-order valence-electron chi connectivity index (χ2n) is 5.64. The number of carbonyl (C=O) groups is 1. The molecule has 3 rings (SSSR count). The van der Waals surface area contributed by atoms with E-state index in [1.807, 2.05) is 35.9 Å². The van der Waals surface area contributed by atoms with Gasteiger partial charge in [-0.1, -0.05) is 40.2 Å². The van der Waals surface area contributed by atoms with Crippen molar-refractivity contribution >= 4 is 42.8 Å². The molecule has 0 aliphatic rings. The predicted octanol–water partition coefficient (Wildman–Crippen LogP) is 2.87. The molecule has 2 aromatic carbocycles. The number of amides is 1. The molecule has 1 amide bonds. The second-order valence-corrected chi connectivity index (χ2v) is 8.21. The molecule has 0 radical (unpaired) electrons. The molecule has 0 atom stereocenters. The Hall–Kier alpha value is -2.16. The maximum atomic E-state index is 12.5. The first-order valence-electron chi connectivity index (χ1n) is 7.42. The largest absolute Gasteiger partial charge is 0.350 e. The van der Waals surface area contributed by atoms with Crippen LogP contribution >= 0.6 is 15.9 Å². The molecule has 0 saturated carbocycles. The van der Waals surface area contributed by atoms with Crippen LogP contribution in [-0.4, -0.2) is 18.9 Å². The molecule has 0 unspecified atom stereocenters. The van der Waals surface area contributed by atoms with E-state index in [-0.39, 0.29) is 4.90 Å². The van der Waals surface area contributed by atoms with Crippen molar-refractivity contribution in [2.45, 2.75) is 11.8 Å². The lowest BCUT2D eigenvalue weighted by Crippen LogP contribution is -2.41. The van der Waals surface area contributed by atoms with Gasteiger partial charge in [-0.25, -0.2) is 8.42 Å². The monoisotopic (exact) mass is 421 g/mol. The third-order valence-corrected chi connectivity index (χ3v) is 5.76. The number of carbonyl (C=O) groups excluding carboxylic acids is 1. The number of rotatable bonds is 4. The van der Waals surface area contributed by atoms with Gasteiger partial charge < -0.3 is 4.57 Å². The van der Waals surface area contributed by atoms with Crippen molar-refractivity contribution in [2.24, 2.45) is 7.05 Å². The van der Waals surface area contributed by atoms with Gasteiger partial charge in [-0.2, -0.15) is 0 Å². The van der Waals surface area contributed by atoms with Crippen molar-refractivity contribution in [1.29, 1.82) is 0 Å². The summed E-state index contributed by atoms with van der Waals surface area (Å²) in [5.41, 5.74) is 4.15. The number of hydrogen-bond acceptors (Lipinski definition) is 3. The molecule has 3 aromatic rings. The summed E-state index contributed by atoms with van der Waals surface area (Å²) < 4.78 is 27.4. The van der Waals surface area contributed by atoms with Gasteiger partial charge in [0.1, 0.15) is 0 Å². The first-order chi connectivity index (χ1) is 11.8. The number of halogens is 1. The van der Waals surface area contributed by atoms with E-state index in [4.69, 9.17) is 0 Å². The van der Waals surface area contributed by atoms with E-state index in [1.165, 1.54) is 6.07 Å². The number of hydrogen-bond donors (Lipinski definition) is 2. The lowest BCUT2D eigenvalue weighted by Gasteiger charge is -2.10. The number of nitrogens with one attached hydrogen (secondary N) is 2. The fourth-order valence-corrected chi connectivity index (χ4v) is 4.25. The lowest BCUT2D eigenvalue weighted by atomic mass is 10.2. The highest BCUT2D eigenvalue weighted by atomic mass is 79.9. The van der Waals surface area contributed by atoms with Crippen LogP contribution in [0, 0.1) is 6.92 Å². The zero-order valence-electron chi connectivity index (χ0n) is 13.6. The third kappa shape index (κ3) is 3.46. The standard InChI is InChI=1S/C17H16BrN3O3S/c1-11-7-8-12(18)9-16(11)25(23,24)20-19-17(22)14-10-21(2)15-6-4-3-5-13(14)15/h3-10,20H,1-2H3,(H,19,22). The van der Waals surface area contributed by atoms with Crippen molar-refractivity contribution in [3.63, 3.8) is 0 Å². The fraction of sp³-hybridized carbons (Fsp3) is 0.118. The number of para-hydroxylation sites is 1. The van der Waals surface area contributed by atoms with Crippen LogP contribution in [0.1, 0.15) is 15.9 Å². The van der Waals surface area contributed by atoms with E-state index < -0.39 is 15.9 Å². The van der Waals surface area contributed by atoms with Gasteiger partial charge in [0.25, 0.3) is 15.9 Å². The van der Waals surface area contributed by atoms with E-state index in [1.54, 1.807) is 25.3 Å². The average molecular weight is 422 g/mol. The molecule has 0 spiro atoms. The molecule has 6 nitrogen and oxygen atoms in total. The average Bonchev–Trinajstić information content (AvgIpc) is 2.92. The topological polar surface area (TPSA) is 80.2 Å². The number of nitrogens with zero attached hydrogens (tertiary/aromatic N) is 1. The molecule has 1 heterocycles. The summed E-state index contributed by atoms with van der Waals surface area (Å²) in [4.78, 5) is 14.7. The minimum atomic E-state index is -3.88. The number of aromatic nitrogens is 1. The van der Waals surface area contributed by atoms with E-state index in [9.17, 15) is 13.2 Å². The highest BCUT2D eigenvalue weighted by molar-refractivity contribution is 9.10. The highest BCUT2D eigenvalue weighted by Gasteiger charge is 2.20. The molecule has 1 aromatic heterocycles. The number of fused-ring (bicyclic) bond motifs is 1. The van der Waals surface area contributed by atoms with Crippen LogP contribution in [0.3, 0.4) is 0 Å². The molecule has 0 aliphatic heterocycles. The Morgan fingerprint density at radius 2 is 1.88 bits per heavy atom. The first kappa shape index (κ1) is 17.7. The maximum absolute atomic E-state index is 12.5. The highest BCUT2D eigenvalue weighted by Crippen LogP contribution is 2.21.